The summed E-state index contributed by atoms with van der Waals surface area (Å²) < 4.78 is 57.6. The van der Waals surface area contributed by atoms with Crippen LogP contribution in [-0.2, 0) is 15.7 Å². The van der Waals surface area contributed by atoms with E-state index in [0.717, 1.165) is 12.1 Å². The number of likely N-dealkylation sites (tertiary alicyclic amines) is 2. The summed E-state index contributed by atoms with van der Waals surface area (Å²) in [6, 6.07) is 2.35. The number of carbonyl (C=O) groups is 2. The van der Waals surface area contributed by atoms with E-state index in [2.05, 4.69) is 0 Å². The number of piperidine rings is 1. The Balaban J connectivity index is 1.35. The number of alkyl halides is 3. The molecule has 0 N–H and O–H groups in total. The fourth-order valence-electron chi connectivity index (χ4n) is 4.22. The van der Waals surface area contributed by atoms with Gasteiger partial charge in [-0.25, -0.2) is 9.18 Å². The van der Waals surface area contributed by atoms with Crippen molar-refractivity contribution in [3.05, 3.63) is 35.1 Å². The van der Waals surface area contributed by atoms with E-state index in [4.69, 9.17) is 4.74 Å². The highest BCUT2D eigenvalue weighted by Gasteiger charge is 2.41. The average molecular weight is 400 g/mol. The third-order valence-corrected chi connectivity index (χ3v) is 5.80. The normalized spacial score (nSPS) is 26.1. The lowest BCUT2D eigenvalue weighted by Gasteiger charge is -2.46. The minimum atomic E-state index is -4.59. The molecule has 0 radical (unpaired) electrons. The predicted molar refractivity (Wildman–Crippen MR) is 90.2 cm³/mol. The van der Waals surface area contributed by atoms with Crippen molar-refractivity contribution >= 4 is 11.8 Å². The molecule has 3 fully saturated rings. The van der Waals surface area contributed by atoms with Gasteiger partial charge in [0.2, 0.25) is 0 Å². The van der Waals surface area contributed by atoms with Crippen molar-refractivity contribution < 1.29 is 31.9 Å². The van der Waals surface area contributed by atoms with Crippen molar-refractivity contribution in [1.82, 2.24) is 9.80 Å². The fourth-order valence-corrected chi connectivity index (χ4v) is 4.22. The number of nitrogens with zero attached hydrogens (tertiary/aromatic N) is 2. The highest BCUT2D eigenvalue weighted by atomic mass is 19.4. The van der Waals surface area contributed by atoms with Gasteiger partial charge in [-0.05, 0) is 24.1 Å². The van der Waals surface area contributed by atoms with Crippen molar-refractivity contribution in [3.8, 4) is 0 Å². The number of Topliss-reactive ketones (excluding diaryl/α,β-unsaturated/α-hetero) is 1. The Hall–Kier alpha value is -2.16. The molecule has 0 aromatic heterocycles. The van der Waals surface area contributed by atoms with Crippen LogP contribution in [0.1, 0.15) is 29.9 Å². The summed E-state index contributed by atoms with van der Waals surface area (Å²) in [7, 11) is 0. The topological polar surface area (TPSA) is 49.9 Å². The summed E-state index contributed by atoms with van der Waals surface area (Å²) in [5.74, 6) is -1.17. The molecule has 5 nitrogen and oxygen atoms in total. The van der Waals surface area contributed by atoms with Crippen LogP contribution in [0.25, 0.3) is 0 Å². The van der Waals surface area contributed by atoms with Crippen molar-refractivity contribution in [2.45, 2.75) is 31.0 Å². The molecule has 2 atom stereocenters. The van der Waals surface area contributed by atoms with Crippen LogP contribution < -0.4 is 0 Å². The maximum atomic E-state index is 14.1. The summed E-state index contributed by atoms with van der Waals surface area (Å²) >= 11 is 0. The number of fused-ring (bicyclic) bond motifs is 1. The van der Waals surface area contributed by atoms with Gasteiger partial charge in [0.05, 0.1) is 11.7 Å². The first-order chi connectivity index (χ1) is 13.2. The molecule has 3 heterocycles. The van der Waals surface area contributed by atoms with Gasteiger partial charge >= 0.3 is 12.2 Å². The van der Waals surface area contributed by atoms with Crippen LogP contribution in [0.15, 0.2) is 18.2 Å². The number of amides is 2. The molecule has 1 aromatic carbocycles. The Morgan fingerprint density at radius 1 is 1.14 bits per heavy atom. The third-order valence-electron chi connectivity index (χ3n) is 5.80. The highest BCUT2D eigenvalue weighted by Crippen LogP contribution is 2.35. The molecular formula is C19H20F4N2O3. The monoisotopic (exact) mass is 400 g/mol. The van der Waals surface area contributed by atoms with Crippen LogP contribution >= 0.6 is 0 Å². The van der Waals surface area contributed by atoms with E-state index in [-0.39, 0.29) is 55.0 Å². The van der Waals surface area contributed by atoms with E-state index in [1.165, 1.54) is 0 Å². The molecule has 0 bridgehead atoms. The van der Waals surface area contributed by atoms with Crippen LogP contribution in [0, 0.1) is 11.7 Å². The fraction of sp³-hybridized carbons (Fsp3) is 0.579. The van der Waals surface area contributed by atoms with E-state index in [1.807, 2.05) is 0 Å². The molecule has 3 aliphatic rings. The molecular weight excluding hydrogens is 380 g/mol. The van der Waals surface area contributed by atoms with Crippen molar-refractivity contribution in [2.24, 2.45) is 5.92 Å². The molecule has 0 aliphatic carbocycles. The lowest BCUT2D eigenvalue weighted by atomic mass is 9.87. The molecule has 3 saturated heterocycles. The summed E-state index contributed by atoms with van der Waals surface area (Å²) in [4.78, 5) is 27.5. The van der Waals surface area contributed by atoms with Gasteiger partial charge in [0.25, 0.3) is 0 Å². The van der Waals surface area contributed by atoms with Gasteiger partial charge in [0.15, 0.2) is 5.78 Å². The summed E-state index contributed by atoms with van der Waals surface area (Å²) in [6.07, 6.45) is -3.49. The van der Waals surface area contributed by atoms with Gasteiger partial charge < -0.3 is 14.5 Å². The number of benzene rings is 1. The Morgan fingerprint density at radius 2 is 1.89 bits per heavy atom. The van der Waals surface area contributed by atoms with E-state index in [1.54, 1.807) is 9.80 Å². The number of rotatable bonds is 1. The molecule has 3 aliphatic heterocycles. The predicted octanol–water partition coefficient (Wildman–Crippen LogP) is 3.04. The zero-order chi connectivity index (χ0) is 20.1. The molecule has 0 saturated carbocycles. The number of hydrogen-bond donors (Lipinski definition) is 0. The second-order valence-electron chi connectivity index (χ2n) is 7.71. The SMILES string of the molecule is O=C1CO[C@H]2CCN(C(=O)N3CC(c4ccc(C(F)(F)F)cc4F)C3)C[C@H]2C1. The minimum absolute atomic E-state index is 0.00313. The smallest absolute Gasteiger partial charge is 0.370 e. The van der Waals surface area contributed by atoms with Crippen molar-refractivity contribution in [3.63, 3.8) is 0 Å². The quantitative estimate of drug-likeness (QED) is 0.681. The average Bonchev–Trinajstić information content (AvgIpc) is 2.60. The molecule has 2 amide bonds. The third kappa shape index (κ3) is 3.59. The highest BCUT2D eigenvalue weighted by molar-refractivity contribution is 5.81. The van der Waals surface area contributed by atoms with Gasteiger partial charge in [-0.1, -0.05) is 6.07 Å². The van der Waals surface area contributed by atoms with Gasteiger partial charge in [0.1, 0.15) is 12.4 Å². The maximum Gasteiger partial charge on any atom is 0.416 e. The molecule has 9 heteroatoms. The number of ether oxygens (including phenoxy) is 1. The number of hydrogen-bond acceptors (Lipinski definition) is 3. The Labute approximate surface area is 159 Å². The number of halogens is 4. The van der Waals surface area contributed by atoms with Crippen LogP contribution in [0.3, 0.4) is 0 Å². The maximum absolute atomic E-state index is 14.1. The largest absolute Gasteiger partial charge is 0.416 e. The molecule has 0 unspecified atom stereocenters. The minimum Gasteiger partial charge on any atom is -0.370 e. The van der Waals surface area contributed by atoms with Crippen molar-refractivity contribution in [2.75, 3.05) is 32.8 Å². The zero-order valence-electron chi connectivity index (χ0n) is 15.0. The van der Waals surface area contributed by atoms with E-state index in [9.17, 15) is 27.2 Å². The summed E-state index contributed by atoms with van der Waals surface area (Å²) in [5.41, 5.74) is -0.824. The standard InChI is InChI=1S/C19H20F4N2O3/c20-16-6-13(19(21,22)23)1-2-15(16)12-8-25(9-12)18(27)24-4-3-17-11(7-24)5-14(26)10-28-17/h1-2,6,11-12,17H,3-5,7-10H2/t11-,17+/m1/s1. The van der Waals surface area contributed by atoms with Gasteiger partial charge in [-0.3, -0.25) is 4.79 Å². The first-order valence-corrected chi connectivity index (χ1v) is 9.26. The van der Waals surface area contributed by atoms with Crippen LogP contribution in [-0.4, -0.2) is 60.5 Å². The van der Waals surface area contributed by atoms with Crippen molar-refractivity contribution in [1.29, 1.82) is 0 Å². The van der Waals surface area contributed by atoms with Gasteiger partial charge in [-0.15, -0.1) is 0 Å². The second kappa shape index (κ2) is 7.02. The first-order valence-electron chi connectivity index (χ1n) is 9.26. The lowest BCUT2D eigenvalue weighted by molar-refractivity contribution is -0.140. The number of ketones is 1. The summed E-state index contributed by atoms with van der Waals surface area (Å²) in [6.45, 7) is 1.65. The van der Waals surface area contributed by atoms with Crippen LogP contribution in [0.4, 0.5) is 22.4 Å². The Morgan fingerprint density at radius 3 is 2.57 bits per heavy atom. The Kier molecular flexibility index (Phi) is 4.81. The van der Waals surface area contributed by atoms with Gasteiger partial charge in [-0.2, -0.15) is 13.2 Å². The van der Waals surface area contributed by atoms with Gasteiger partial charge in [0, 0.05) is 44.4 Å². The molecule has 1 aromatic rings. The number of urea groups is 1. The van der Waals surface area contributed by atoms with E-state index < -0.39 is 17.6 Å². The molecule has 4 rings (SSSR count). The van der Waals surface area contributed by atoms with E-state index in [0.29, 0.717) is 32.0 Å². The van der Waals surface area contributed by atoms with E-state index >= 15 is 0 Å². The Bertz CT molecular complexity index is 792. The second-order valence-corrected chi connectivity index (χ2v) is 7.71. The molecule has 152 valence electrons. The molecule has 28 heavy (non-hydrogen) atoms. The first kappa shape index (κ1) is 19.2. The number of carbonyl (C=O) groups excluding carboxylic acids is 2. The van der Waals surface area contributed by atoms with Crippen LogP contribution in [0.2, 0.25) is 0 Å². The summed E-state index contributed by atoms with van der Waals surface area (Å²) in [5, 5.41) is 0. The zero-order valence-corrected chi connectivity index (χ0v) is 15.0. The van der Waals surface area contributed by atoms with Crippen LogP contribution in [0.5, 0.6) is 0 Å². The molecule has 0 spiro atoms. The lowest BCUT2D eigenvalue weighted by Crippen LogP contribution is -2.58.